The van der Waals surface area contributed by atoms with Crippen molar-refractivity contribution in [3.05, 3.63) is 102 Å². The Bertz CT molecular complexity index is 1390. The van der Waals surface area contributed by atoms with E-state index in [-0.39, 0.29) is 16.2 Å². The molecule has 0 heterocycles. The first kappa shape index (κ1) is 24.8. The van der Waals surface area contributed by atoms with Crippen molar-refractivity contribution in [3.63, 3.8) is 0 Å². The predicted molar refractivity (Wildman–Crippen MR) is 134 cm³/mol. The summed E-state index contributed by atoms with van der Waals surface area (Å²) in [4.78, 5) is 1.93. The molecular formula is C28H26F3NO2S. The van der Waals surface area contributed by atoms with Gasteiger partial charge >= 0.3 is 6.18 Å². The van der Waals surface area contributed by atoms with E-state index >= 15 is 0 Å². The van der Waals surface area contributed by atoms with Gasteiger partial charge in [0.2, 0.25) is 0 Å². The molecule has 0 N–H and O–H groups in total. The van der Waals surface area contributed by atoms with Gasteiger partial charge in [0.15, 0.2) is 9.84 Å². The Morgan fingerprint density at radius 1 is 0.971 bits per heavy atom. The van der Waals surface area contributed by atoms with Gasteiger partial charge in [0.1, 0.15) is 0 Å². The number of halogens is 3. The number of benzene rings is 3. The fourth-order valence-corrected chi connectivity index (χ4v) is 4.66. The predicted octanol–water partition coefficient (Wildman–Crippen LogP) is 7.57. The van der Waals surface area contributed by atoms with Crippen LogP contribution in [0.2, 0.25) is 0 Å². The number of nitrogens with zero attached hydrogens (tertiary/aromatic N) is 1. The third-order valence-corrected chi connectivity index (χ3v) is 7.24. The molecule has 1 fully saturated rings. The van der Waals surface area contributed by atoms with Crippen molar-refractivity contribution in [2.45, 2.75) is 30.8 Å². The number of sulfone groups is 1. The number of allylic oxidation sites excluding steroid dienone is 1. The molecule has 1 aliphatic carbocycles. The van der Waals surface area contributed by atoms with E-state index in [1.807, 2.05) is 31.3 Å². The molecule has 0 radical (unpaired) electrons. The van der Waals surface area contributed by atoms with Crippen molar-refractivity contribution in [2.75, 3.05) is 11.2 Å². The van der Waals surface area contributed by atoms with E-state index in [4.69, 9.17) is 0 Å². The van der Waals surface area contributed by atoms with E-state index in [0.717, 1.165) is 41.9 Å². The van der Waals surface area contributed by atoms with Crippen molar-refractivity contribution in [1.29, 1.82) is 0 Å². The van der Waals surface area contributed by atoms with Gasteiger partial charge in [-0.2, -0.15) is 13.2 Å². The van der Waals surface area contributed by atoms with E-state index in [0.29, 0.717) is 11.6 Å². The summed E-state index contributed by atoms with van der Waals surface area (Å²) in [5.74, 6) is 0.432. The first-order valence-electron chi connectivity index (χ1n) is 11.2. The Labute approximate surface area is 204 Å². The number of anilines is 1. The van der Waals surface area contributed by atoms with Gasteiger partial charge in [-0.15, -0.1) is 0 Å². The Morgan fingerprint density at radius 2 is 1.63 bits per heavy atom. The van der Waals surface area contributed by atoms with E-state index in [1.165, 1.54) is 12.1 Å². The topological polar surface area (TPSA) is 37.4 Å². The zero-order valence-corrected chi connectivity index (χ0v) is 20.3. The highest BCUT2D eigenvalue weighted by atomic mass is 32.2. The van der Waals surface area contributed by atoms with Crippen LogP contribution in [0.4, 0.5) is 18.9 Å². The fourth-order valence-electron chi connectivity index (χ4n) is 3.99. The average molecular weight is 498 g/mol. The summed E-state index contributed by atoms with van der Waals surface area (Å²) in [5.41, 5.74) is 2.78. The summed E-state index contributed by atoms with van der Waals surface area (Å²) >= 11 is 0. The third-order valence-electron chi connectivity index (χ3n) is 6.13. The monoisotopic (exact) mass is 497 g/mol. The minimum atomic E-state index is -4.51. The maximum Gasteiger partial charge on any atom is 0.417 e. The molecule has 3 aromatic carbocycles. The lowest BCUT2D eigenvalue weighted by molar-refractivity contribution is -0.137. The summed E-state index contributed by atoms with van der Waals surface area (Å²) in [6.45, 7) is 6.03. The third kappa shape index (κ3) is 5.68. The number of hydrogen-bond donors (Lipinski definition) is 0. The smallest absolute Gasteiger partial charge is 0.317 e. The van der Waals surface area contributed by atoms with Crippen LogP contribution in [0, 0.1) is 5.92 Å². The molecule has 3 aromatic rings. The second kappa shape index (κ2) is 9.38. The molecule has 35 heavy (non-hydrogen) atoms. The van der Waals surface area contributed by atoms with Gasteiger partial charge < -0.3 is 4.90 Å². The molecule has 0 bridgehead atoms. The Balaban J connectivity index is 1.74. The minimum absolute atomic E-state index is 0.0183. The van der Waals surface area contributed by atoms with E-state index in [9.17, 15) is 21.6 Å². The molecule has 0 atom stereocenters. The molecule has 182 valence electrons. The van der Waals surface area contributed by atoms with Gasteiger partial charge in [-0.05, 0) is 67.1 Å². The van der Waals surface area contributed by atoms with Crippen LogP contribution in [0.15, 0.2) is 96.0 Å². The maximum atomic E-state index is 13.7. The molecule has 7 heteroatoms. The van der Waals surface area contributed by atoms with Gasteiger partial charge in [0.25, 0.3) is 0 Å². The molecule has 0 aliphatic heterocycles. The molecule has 3 nitrogen and oxygen atoms in total. The van der Waals surface area contributed by atoms with Crippen LogP contribution >= 0.6 is 0 Å². The van der Waals surface area contributed by atoms with Crippen molar-refractivity contribution in [2.24, 2.45) is 5.92 Å². The Kier molecular flexibility index (Phi) is 6.64. The molecule has 1 saturated carbocycles. The summed E-state index contributed by atoms with van der Waals surface area (Å²) in [7, 11) is -3.35. The lowest BCUT2D eigenvalue weighted by Crippen LogP contribution is -2.18. The van der Waals surface area contributed by atoms with E-state index in [2.05, 4.69) is 6.58 Å². The molecule has 0 unspecified atom stereocenters. The van der Waals surface area contributed by atoms with Crippen molar-refractivity contribution in [3.8, 4) is 11.1 Å². The Morgan fingerprint density at radius 3 is 2.23 bits per heavy atom. The molecule has 1 aliphatic rings. The van der Waals surface area contributed by atoms with Gasteiger partial charge in [-0.3, -0.25) is 0 Å². The number of alkyl halides is 3. The SMILES string of the molecule is C=C(c1ccccc1C(F)(F)F)N(/C=C(\C)C1CC1)c1ccc(-c2cccc(S(C)(=O)=O)c2)cc1. The highest BCUT2D eigenvalue weighted by molar-refractivity contribution is 7.90. The molecule has 0 aromatic heterocycles. The van der Waals surface area contributed by atoms with Gasteiger partial charge in [-0.25, -0.2) is 8.42 Å². The molecule has 0 spiro atoms. The first-order valence-corrected chi connectivity index (χ1v) is 13.1. The zero-order valence-electron chi connectivity index (χ0n) is 19.5. The fraction of sp³-hybridized carbons (Fsp3) is 0.214. The quantitative estimate of drug-likeness (QED) is 0.338. The van der Waals surface area contributed by atoms with Crippen molar-refractivity contribution >= 4 is 21.2 Å². The van der Waals surface area contributed by atoms with Crippen LogP contribution in [0.1, 0.15) is 30.9 Å². The van der Waals surface area contributed by atoms with Crippen LogP contribution in [-0.2, 0) is 16.0 Å². The highest BCUT2D eigenvalue weighted by Crippen LogP contribution is 2.40. The van der Waals surface area contributed by atoms with E-state index < -0.39 is 21.6 Å². The van der Waals surface area contributed by atoms with Crippen LogP contribution in [0.25, 0.3) is 16.8 Å². The second-order valence-electron chi connectivity index (χ2n) is 8.85. The largest absolute Gasteiger partial charge is 0.417 e. The summed E-state index contributed by atoms with van der Waals surface area (Å²) < 4.78 is 65.0. The van der Waals surface area contributed by atoms with Gasteiger partial charge in [-0.1, -0.05) is 54.6 Å². The van der Waals surface area contributed by atoms with Gasteiger partial charge in [0, 0.05) is 29.4 Å². The molecule has 0 amide bonds. The number of hydrogen-bond acceptors (Lipinski definition) is 3. The highest BCUT2D eigenvalue weighted by Gasteiger charge is 2.34. The number of rotatable bonds is 7. The molecule has 4 rings (SSSR count). The second-order valence-corrected chi connectivity index (χ2v) is 10.9. The standard InChI is InChI=1S/C28H26F3NO2S/c1-19(21-11-12-21)18-32(20(2)26-9-4-5-10-27(26)28(29,30)31)24-15-13-22(14-16-24)23-7-6-8-25(17-23)35(3,33)34/h4-10,13-18,21H,2,11-12H2,1,3H3/b19-18+. The van der Waals surface area contributed by atoms with E-state index in [1.54, 1.807) is 41.3 Å². The molecule has 0 saturated heterocycles. The van der Waals surface area contributed by atoms with Gasteiger partial charge in [0.05, 0.1) is 10.5 Å². The summed E-state index contributed by atoms with van der Waals surface area (Å²) in [5, 5.41) is 0. The van der Waals surface area contributed by atoms with Crippen LogP contribution in [0.5, 0.6) is 0 Å². The summed E-state index contributed by atoms with van der Waals surface area (Å²) in [6.07, 6.45) is 0.655. The van der Waals surface area contributed by atoms with Crippen LogP contribution in [-0.4, -0.2) is 14.7 Å². The summed E-state index contributed by atoms with van der Waals surface area (Å²) in [6, 6.07) is 19.4. The maximum absolute atomic E-state index is 13.7. The lowest BCUT2D eigenvalue weighted by Gasteiger charge is -2.26. The van der Waals surface area contributed by atoms with Crippen LogP contribution < -0.4 is 4.90 Å². The Hall–Kier alpha value is -3.32. The first-order chi connectivity index (χ1) is 16.4. The average Bonchev–Trinajstić information content (AvgIpc) is 3.67. The van der Waals surface area contributed by atoms with Crippen molar-refractivity contribution < 1.29 is 21.6 Å². The molecular weight excluding hydrogens is 471 g/mol. The lowest BCUT2D eigenvalue weighted by atomic mass is 10.0. The normalized spacial score (nSPS) is 14.6. The zero-order chi connectivity index (χ0) is 25.4. The minimum Gasteiger partial charge on any atom is -0.317 e. The van der Waals surface area contributed by atoms with Crippen molar-refractivity contribution in [1.82, 2.24) is 0 Å². The van der Waals surface area contributed by atoms with Crippen LogP contribution in [0.3, 0.4) is 0 Å².